The monoisotopic (exact) mass is 249 g/mol. The molecule has 0 spiro atoms. The maximum atomic E-state index is 5.60. The Labute approximate surface area is 112 Å². The van der Waals surface area contributed by atoms with E-state index in [-0.39, 0.29) is 10.8 Å². The van der Waals surface area contributed by atoms with Crippen LogP contribution < -0.4 is 4.74 Å². The van der Waals surface area contributed by atoms with E-state index in [2.05, 4.69) is 54.5 Å². The minimum Gasteiger partial charge on any atom is -0.495 e. The van der Waals surface area contributed by atoms with E-state index in [1.807, 2.05) is 0 Å². The van der Waals surface area contributed by atoms with Crippen LogP contribution in [0.5, 0.6) is 5.75 Å². The number of ether oxygens (including phenoxy) is 1. The summed E-state index contributed by atoms with van der Waals surface area (Å²) < 4.78 is 5.60. The molecule has 1 aromatic heterocycles. The summed E-state index contributed by atoms with van der Waals surface area (Å²) in [4.78, 5) is 4.87. The fourth-order valence-electron chi connectivity index (χ4n) is 1.97. The lowest BCUT2D eigenvalue weighted by Gasteiger charge is -2.27. The minimum atomic E-state index is -0.00345. The van der Waals surface area contributed by atoms with Gasteiger partial charge in [-0.3, -0.25) is 4.98 Å². The fraction of sp³-hybridized carbons (Fsp3) is 0.688. The summed E-state index contributed by atoms with van der Waals surface area (Å²) in [6.45, 7) is 15.3. The molecule has 0 saturated heterocycles. The largest absolute Gasteiger partial charge is 0.495 e. The van der Waals surface area contributed by atoms with Crippen LogP contribution in [0, 0.1) is 0 Å². The van der Waals surface area contributed by atoms with Gasteiger partial charge in [-0.15, -0.1) is 0 Å². The van der Waals surface area contributed by atoms with Gasteiger partial charge in [0.1, 0.15) is 5.75 Å². The smallest absolute Gasteiger partial charge is 0.144 e. The minimum absolute atomic E-state index is 0.00345. The quantitative estimate of drug-likeness (QED) is 0.782. The molecule has 0 N–H and O–H groups in total. The van der Waals surface area contributed by atoms with E-state index in [1.165, 1.54) is 5.56 Å². The van der Waals surface area contributed by atoms with Gasteiger partial charge in [-0.25, -0.2) is 0 Å². The van der Waals surface area contributed by atoms with Crippen molar-refractivity contribution in [3.63, 3.8) is 0 Å². The van der Waals surface area contributed by atoms with Crippen molar-refractivity contribution in [2.24, 2.45) is 0 Å². The zero-order chi connectivity index (χ0) is 14.1. The lowest BCUT2D eigenvalue weighted by molar-refractivity contribution is 0.384. The van der Waals surface area contributed by atoms with E-state index in [0.29, 0.717) is 0 Å². The van der Waals surface area contributed by atoms with Crippen molar-refractivity contribution in [3.8, 4) is 5.75 Å². The molecule has 1 aromatic rings. The fourth-order valence-corrected chi connectivity index (χ4v) is 1.97. The first-order valence-corrected chi connectivity index (χ1v) is 6.70. The third kappa shape index (κ3) is 3.04. The second-order valence-electron chi connectivity index (χ2n) is 6.90. The zero-order valence-corrected chi connectivity index (χ0v) is 13.1. The van der Waals surface area contributed by atoms with Crippen LogP contribution in [0.3, 0.4) is 0 Å². The van der Waals surface area contributed by atoms with E-state index in [1.54, 1.807) is 7.11 Å². The standard InChI is InChI=1S/C16H27NO/c1-9-11-10-12(15(2,3)4)17-14(13(11)18-8)16(5,6)7/h10H,9H2,1-8H3. The van der Waals surface area contributed by atoms with Crippen LogP contribution in [0.25, 0.3) is 0 Å². The first-order valence-electron chi connectivity index (χ1n) is 6.70. The number of rotatable bonds is 2. The van der Waals surface area contributed by atoms with Gasteiger partial charge in [0.2, 0.25) is 0 Å². The molecule has 2 nitrogen and oxygen atoms in total. The molecular formula is C16H27NO. The summed E-state index contributed by atoms with van der Waals surface area (Å²) in [7, 11) is 1.74. The zero-order valence-electron chi connectivity index (χ0n) is 13.1. The number of aromatic nitrogens is 1. The first kappa shape index (κ1) is 15.0. The topological polar surface area (TPSA) is 22.1 Å². The highest BCUT2D eigenvalue weighted by atomic mass is 16.5. The van der Waals surface area contributed by atoms with Gasteiger partial charge in [-0.1, -0.05) is 48.5 Å². The van der Waals surface area contributed by atoms with Gasteiger partial charge in [0.15, 0.2) is 0 Å². The van der Waals surface area contributed by atoms with Gasteiger partial charge < -0.3 is 4.74 Å². The molecule has 0 atom stereocenters. The molecule has 18 heavy (non-hydrogen) atoms. The predicted octanol–water partition coefficient (Wildman–Crippen LogP) is 4.25. The van der Waals surface area contributed by atoms with Crippen LogP contribution in [-0.2, 0) is 17.3 Å². The van der Waals surface area contributed by atoms with Gasteiger partial charge in [0.25, 0.3) is 0 Å². The van der Waals surface area contributed by atoms with Gasteiger partial charge in [0, 0.05) is 16.5 Å². The van der Waals surface area contributed by atoms with Crippen LogP contribution >= 0.6 is 0 Å². The molecular weight excluding hydrogens is 222 g/mol. The van der Waals surface area contributed by atoms with Crippen molar-refractivity contribution < 1.29 is 4.74 Å². The third-order valence-electron chi connectivity index (χ3n) is 3.11. The first-order chi connectivity index (χ1) is 8.11. The summed E-state index contributed by atoms with van der Waals surface area (Å²) in [6.07, 6.45) is 0.970. The predicted molar refractivity (Wildman–Crippen MR) is 77.6 cm³/mol. The average Bonchev–Trinajstić information content (AvgIpc) is 2.24. The van der Waals surface area contributed by atoms with Crippen molar-refractivity contribution in [1.82, 2.24) is 4.98 Å². The van der Waals surface area contributed by atoms with Gasteiger partial charge >= 0.3 is 0 Å². The molecule has 0 aliphatic carbocycles. The lowest BCUT2D eigenvalue weighted by Crippen LogP contribution is -2.22. The molecule has 0 saturated carbocycles. The highest BCUT2D eigenvalue weighted by molar-refractivity contribution is 5.43. The highest BCUT2D eigenvalue weighted by Gasteiger charge is 2.26. The molecule has 0 aliphatic heterocycles. The summed E-state index contributed by atoms with van der Waals surface area (Å²) in [6, 6.07) is 2.19. The number of methoxy groups -OCH3 is 1. The molecule has 0 amide bonds. The lowest BCUT2D eigenvalue weighted by atomic mass is 9.85. The summed E-state index contributed by atoms with van der Waals surface area (Å²) in [5, 5.41) is 0. The Morgan fingerprint density at radius 1 is 1.06 bits per heavy atom. The second-order valence-corrected chi connectivity index (χ2v) is 6.90. The number of pyridine rings is 1. The molecule has 0 aliphatic rings. The Kier molecular flexibility index (Phi) is 4.09. The number of hydrogen-bond acceptors (Lipinski definition) is 2. The molecule has 0 unspecified atom stereocenters. The second kappa shape index (κ2) is 4.91. The van der Waals surface area contributed by atoms with Crippen molar-refractivity contribution in [1.29, 1.82) is 0 Å². The number of hydrogen-bond donors (Lipinski definition) is 0. The Bertz CT molecular complexity index is 422. The summed E-state index contributed by atoms with van der Waals surface area (Å²) in [5.41, 5.74) is 3.52. The summed E-state index contributed by atoms with van der Waals surface area (Å²) in [5.74, 6) is 0.956. The molecule has 0 bridgehead atoms. The summed E-state index contributed by atoms with van der Waals surface area (Å²) >= 11 is 0. The van der Waals surface area contributed by atoms with Gasteiger partial charge in [-0.2, -0.15) is 0 Å². The van der Waals surface area contributed by atoms with Gasteiger partial charge in [0.05, 0.1) is 12.8 Å². The van der Waals surface area contributed by atoms with Crippen LogP contribution in [0.4, 0.5) is 0 Å². The van der Waals surface area contributed by atoms with E-state index in [4.69, 9.17) is 9.72 Å². The maximum Gasteiger partial charge on any atom is 0.144 e. The Morgan fingerprint density at radius 2 is 1.61 bits per heavy atom. The van der Waals surface area contributed by atoms with Crippen LogP contribution in [0.1, 0.15) is 65.4 Å². The molecule has 0 aromatic carbocycles. The van der Waals surface area contributed by atoms with Crippen molar-refractivity contribution in [2.45, 2.75) is 65.7 Å². The molecule has 102 valence electrons. The molecule has 0 fully saturated rings. The highest BCUT2D eigenvalue weighted by Crippen LogP contribution is 2.35. The number of nitrogens with zero attached hydrogens (tertiary/aromatic N) is 1. The molecule has 1 heterocycles. The van der Waals surface area contributed by atoms with Crippen molar-refractivity contribution in [3.05, 3.63) is 23.0 Å². The van der Waals surface area contributed by atoms with Crippen molar-refractivity contribution >= 4 is 0 Å². The van der Waals surface area contributed by atoms with Crippen LogP contribution in [-0.4, -0.2) is 12.1 Å². The third-order valence-corrected chi connectivity index (χ3v) is 3.11. The normalized spacial score (nSPS) is 12.7. The van der Waals surface area contributed by atoms with E-state index >= 15 is 0 Å². The molecule has 2 heteroatoms. The van der Waals surface area contributed by atoms with E-state index in [0.717, 1.165) is 23.6 Å². The Balaban J connectivity index is 3.57. The maximum absolute atomic E-state index is 5.60. The molecule has 0 radical (unpaired) electrons. The van der Waals surface area contributed by atoms with E-state index < -0.39 is 0 Å². The number of aryl methyl sites for hydroxylation is 1. The van der Waals surface area contributed by atoms with Crippen LogP contribution in [0.2, 0.25) is 0 Å². The van der Waals surface area contributed by atoms with E-state index in [9.17, 15) is 0 Å². The van der Waals surface area contributed by atoms with Crippen molar-refractivity contribution in [2.75, 3.05) is 7.11 Å². The Hall–Kier alpha value is -1.05. The Morgan fingerprint density at radius 3 is 1.94 bits per heavy atom. The van der Waals surface area contributed by atoms with Gasteiger partial charge in [-0.05, 0) is 18.1 Å². The average molecular weight is 249 g/mol. The van der Waals surface area contributed by atoms with Crippen LogP contribution in [0.15, 0.2) is 6.07 Å². The SMILES string of the molecule is CCc1cc(C(C)(C)C)nc(C(C)(C)C)c1OC. The molecule has 1 rings (SSSR count).